The van der Waals surface area contributed by atoms with Crippen LogP contribution in [0.4, 0.5) is 0 Å². The van der Waals surface area contributed by atoms with Crippen molar-refractivity contribution in [3.8, 4) is 11.1 Å². The van der Waals surface area contributed by atoms with Gasteiger partial charge in [-0.3, -0.25) is 0 Å². The molecule has 1 heterocycles. The van der Waals surface area contributed by atoms with Crippen LogP contribution in [0.2, 0.25) is 0 Å². The predicted octanol–water partition coefficient (Wildman–Crippen LogP) is 7.05. The normalized spacial score (nSPS) is 20.3. The number of nitrogens with one attached hydrogen (secondary N) is 1. The van der Waals surface area contributed by atoms with Gasteiger partial charge in [-0.05, 0) is 78.3 Å². The van der Waals surface area contributed by atoms with Crippen LogP contribution in [0, 0.1) is 11.8 Å². The summed E-state index contributed by atoms with van der Waals surface area (Å²) in [7, 11) is 1.43. The van der Waals surface area contributed by atoms with Crippen molar-refractivity contribution in [2.45, 2.75) is 58.8 Å². The molecule has 4 rings (SSSR count). The average molecular weight is 430 g/mol. The van der Waals surface area contributed by atoms with Gasteiger partial charge in [0.15, 0.2) is 0 Å². The predicted molar refractivity (Wildman–Crippen MR) is 131 cm³/mol. The average Bonchev–Trinajstić information content (AvgIpc) is 2.83. The fraction of sp³-hybridized carbons (Fsp3) is 0.414. The number of benzene rings is 2. The van der Waals surface area contributed by atoms with Crippen molar-refractivity contribution in [1.82, 2.24) is 5.32 Å². The lowest BCUT2D eigenvalue weighted by Crippen LogP contribution is -2.28. The van der Waals surface area contributed by atoms with Gasteiger partial charge in [0.1, 0.15) is 0 Å². The molecule has 0 fully saturated rings. The van der Waals surface area contributed by atoms with Crippen LogP contribution in [0.25, 0.3) is 11.1 Å². The molecule has 168 valence electrons. The SMILES string of the molecule is CCCCC1=CNC2=C(CC(C)CC2)C1Cc1ccc(-c2ccccc2C(=O)OC)cc1. The van der Waals surface area contributed by atoms with Crippen molar-refractivity contribution in [2.24, 2.45) is 11.8 Å². The number of ether oxygens (including phenoxy) is 1. The van der Waals surface area contributed by atoms with Crippen molar-refractivity contribution < 1.29 is 9.53 Å². The summed E-state index contributed by atoms with van der Waals surface area (Å²) in [5, 5.41) is 3.64. The molecule has 1 N–H and O–H groups in total. The van der Waals surface area contributed by atoms with Gasteiger partial charge in [-0.25, -0.2) is 4.79 Å². The lowest BCUT2D eigenvalue weighted by Gasteiger charge is -2.36. The van der Waals surface area contributed by atoms with Gasteiger partial charge in [0.25, 0.3) is 0 Å². The van der Waals surface area contributed by atoms with Gasteiger partial charge in [-0.15, -0.1) is 0 Å². The Bertz CT molecular complexity index is 1020. The number of dihydropyridines is 1. The molecule has 0 spiro atoms. The van der Waals surface area contributed by atoms with Crippen LogP contribution in [0.15, 0.2) is 71.6 Å². The maximum absolute atomic E-state index is 12.2. The lowest BCUT2D eigenvalue weighted by atomic mass is 9.74. The first kappa shape index (κ1) is 22.4. The third kappa shape index (κ3) is 4.82. The zero-order valence-corrected chi connectivity index (χ0v) is 19.6. The van der Waals surface area contributed by atoms with Gasteiger partial charge >= 0.3 is 5.97 Å². The standard InChI is InChI=1S/C29H35NO2/c1-4-5-8-23-19-30-28-16-11-20(2)17-27(28)26(23)18-21-12-14-22(15-13-21)24-9-6-7-10-25(24)29(31)32-3/h6-7,9-10,12-15,19-20,26,30H,4-5,8,11,16-18H2,1-3H3. The summed E-state index contributed by atoms with van der Waals surface area (Å²) in [5.74, 6) is 0.977. The van der Waals surface area contributed by atoms with Crippen molar-refractivity contribution in [3.05, 3.63) is 82.7 Å². The Morgan fingerprint density at radius 1 is 1.12 bits per heavy atom. The quantitative estimate of drug-likeness (QED) is 0.479. The Balaban J connectivity index is 1.59. The van der Waals surface area contributed by atoms with Crippen LogP contribution < -0.4 is 5.32 Å². The van der Waals surface area contributed by atoms with Crippen LogP contribution in [0.3, 0.4) is 0 Å². The number of esters is 1. The van der Waals surface area contributed by atoms with E-state index in [4.69, 9.17) is 4.74 Å². The Morgan fingerprint density at radius 3 is 2.66 bits per heavy atom. The van der Waals surface area contributed by atoms with E-state index in [9.17, 15) is 4.79 Å². The highest BCUT2D eigenvalue weighted by Gasteiger charge is 2.29. The smallest absolute Gasteiger partial charge is 0.338 e. The van der Waals surface area contributed by atoms with Crippen LogP contribution >= 0.6 is 0 Å². The van der Waals surface area contributed by atoms with Gasteiger partial charge in [-0.1, -0.05) is 62.7 Å². The maximum Gasteiger partial charge on any atom is 0.338 e. The number of methoxy groups -OCH3 is 1. The number of carbonyl (C=O) groups excluding carboxylic acids is 1. The van der Waals surface area contributed by atoms with E-state index in [1.165, 1.54) is 56.9 Å². The molecule has 3 heteroatoms. The summed E-state index contributed by atoms with van der Waals surface area (Å²) in [6.45, 7) is 4.66. The molecule has 0 saturated carbocycles. The zero-order valence-electron chi connectivity index (χ0n) is 19.6. The molecule has 2 aliphatic rings. The zero-order chi connectivity index (χ0) is 22.5. The second-order valence-corrected chi connectivity index (χ2v) is 9.31. The summed E-state index contributed by atoms with van der Waals surface area (Å²) in [5.41, 5.74) is 8.59. The van der Waals surface area contributed by atoms with E-state index in [0.717, 1.165) is 23.5 Å². The number of unbranched alkanes of at least 4 members (excludes halogenated alkanes) is 1. The van der Waals surface area contributed by atoms with Crippen LogP contribution in [-0.4, -0.2) is 13.1 Å². The molecular formula is C29H35NO2. The molecule has 0 aromatic heterocycles. The van der Waals surface area contributed by atoms with E-state index in [1.807, 2.05) is 24.3 Å². The topological polar surface area (TPSA) is 38.3 Å². The third-order valence-corrected chi connectivity index (χ3v) is 7.00. The van der Waals surface area contributed by atoms with Gasteiger partial charge in [0.05, 0.1) is 12.7 Å². The first-order valence-electron chi connectivity index (χ1n) is 12.0. The van der Waals surface area contributed by atoms with Gasteiger partial charge in [-0.2, -0.15) is 0 Å². The highest BCUT2D eigenvalue weighted by molar-refractivity contribution is 5.97. The first-order chi connectivity index (χ1) is 15.6. The Hall–Kier alpha value is -2.81. The molecule has 2 aromatic rings. The highest BCUT2D eigenvalue weighted by Crippen LogP contribution is 2.41. The number of allylic oxidation sites excluding steroid dienone is 3. The molecule has 2 aromatic carbocycles. The van der Waals surface area contributed by atoms with Crippen molar-refractivity contribution >= 4 is 5.97 Å². The van der Waals surface area contributed by atoms with Gasteiger partial charge < -0.3 is 10.1 Å². The summed E-state index contributed by atoms with van der Waals surface area (Å²) in [6, 6.07) is 16.4. The van der Waals surface area contributed by atoms with Gasteiger partial charge in [0.2, 0.25) is 0 Å². The molecule has 0 bridgehead atoms. The molecule has 2 atom stereocenters. The van der Waals surface area contributed by atoms with E-state index in [-0.39, 0.29) is 5.97 Å². The van der Waals surface area contributed by atoms with E-state index < -0.39 is 0 Å². The summed E-state index contributed by atoms with van der Waals surface area (Å²) in [6.07, 6.45) is 10.6. The number of rotatable bonds is 7. The van der Waals surface area contributed by atoms with E-state index in [2.05, 4.69) is 49.6 Å². The minimum atomic E-state index is -0.295. The fourth-order valence-electron chi connectivity index (χ4n) is 5.13. The fourth-order valence-corrected chi connectivity index (χ4v) is 5.13. The van der Waals surface area contributed by atoms with Crippen LogP contribution in [0.1, 0.15) is 68.3 Å². The highest BCUT2D eigenvalue weighted by atomic mass is 16.5. The van der Waals surface area contributed by atoms with E-state index in [1.54, 1.807) is 11.1 Å². The lowest BCUT2D eigenvalue weighted by molar-refractivity contribution is 0.0601. The second-order valence-electron chi connectivity index (χ2n) is 9.31. The minimum Gasteiger partial charge on any atom is -0.465 e. The summed E-state index contributed by atoms with van der Waals surface area (Å²) in [4.78, 5) is 12.2. The van der Waals surface area contributed by atoms with Crippen molar-refractivity contribution in [1.29, 1.82) is 0 Å². The number of hydrogen-bond acceptors (Lipinski definition) is 3. The van der Waals surface area contributed by atoms with Crippen molar-refractivity contribution in [3.63, 3.8) is 0 Å². The molecule has 2 unspecified atom stereocenters. The summed E-state index contributed by atoms with van der Waals surface area (Å²) >= 11 is 0. The molecule has 0 radical (unpaired) electrons. The third-order valence-electron chi connectivity index (χ3n) is 7.00. The van der Waals surface area contributed by atoms with E-state index >= 15 is 0 Å². The van der Waals surface area contributed by atoms with Crippen molar-refractivity contribution in [2.75, 3.05) is 7.11 Å². The Labute approximate surface area is 192 Å². The van der Waals surface area contributed by atoms with Gasteiger partial charge in [0, 0.05) is 17.8 Å². The number of carbonyl (C=O) groups is 1. The Kier molecular flexibility index (Phi) is 7.14. The molecule has 32 heavy (non-hydrogen) atoms. The molecule has 0 saturated heterocycles. The number of hydrogen-bond donors (Lipinski definition) is 1. The van der Waals surface area contributed by atoms with E-state index in [0.29, 0.717) is 11.5 Å². The Morgan fingerprint density at radius 2 is 1.91 bits per heavy atom. The monoisotopic (exact) mass is 429 g/mol. The minimum absolute atomic E-state index is 0.295. The van der Waals surface area contributed by atoms with Crippen LogP contribution in [0.5, 0.6) is 0 Å². The molecular weight excluding hydrogens is 394 g/mol. The summed E-state index contributed by atoms with van der Waals surface area (Å²) < 4.78 is 4.97. The molecule has 1 aliphatic heterocycles. The largest absolute Gasteiger partial charge is 0.465 e. The molecule has 0 amide bonds. The molecule has 3 nitrogen and oxygen atoms in total. The van der Waals surface area contributed by atoms with Crippen LogP contribution in [-0.2, 0) is 11.2 Å². The molecule has 1 aliphatic carbocycles. The second kappa shape index (κ2) is 10.2. The first-order valence-corrected chi connectivity index (χ1v) is 12.0. The maximum atomic E-state index is 12.2.